The molecule has 4 nitrogen and oxygen atoms in total. The Morgan fingerprint density at radius 3 is 2.52 bits per heavy atom. The highest BCUT2D eigenvalue weighted by Gasteiger charge is 2.21. The van der Waals surface area contributed by atoms with Gasteiger partial charge in [0.2, 0.25) is 0 Å². The molecule has 1 aromatic heterocycles. The number of hydrogen-bond acceptors (Lipinski definition) is 3. The van der Waals surface area contributed by atoms with Gasteiger partial charge < -0.3 is 4.90 Å². The van der Waals surface area contributed by atoms with E-state index in [9.17, 15) is 9.18 Å². The van der Waals surface area contributed by atoms with Crippen LogP contribution in [0.15, 0.2) is 36.4 Å². The SMILES string of the molecule is Cc1cc(C(=O)N2CC=C(c3ccc(F)cc3)CC2)nc(C)n1. The summed E-state index contributed by atoms with van der Waals surface area (Å²) in [6.07, 6.45) is 2.77. The monoisotopic (exact) mass is 311 g/mol. The summed E-state index contributed by atoms with van der Waals surface area (Å²) in [5, 5.41) is 0. The predicted octanol–water partition coefficient (Wildman–Crippen LogP) is 3.16. The molecule has 5 heteroatoms. The average Bonchev–Trinajstić information content (AvgIpc) is 2.54. The van der Waals surface area contributed by atoms with Gasteiger partial charge in [0, 0.05) is 18.8 Å². The summed E-state index contributed by atoms with van der Waals surface area (Å²) < 4.78 is 13.0. The third-order valence-electron chi connectivity index (χ3n) is 3.90. The van der Waals surface area contributed by atoms with Crippen molar-refractivity contribution in [1.82, 2.24) is 14.9 Å². The fourth-order valence-electron chi connectivity index (χ4n) is 2.77. The summed E-state index contributed by atoms with van der Waals surface area (Å²) in [4.78, 5) is 22.7. The van der Waals surface area contributed by atoms with Crippen LogP contribution >= 0.6 is 0 Å². The molecule has 1 aliphatic heterocycles. The highest BCUT2D eigenvalue weighted by molar-refractivity contribution is 5.93. The summed E-state index contributed by atoms with van der Waals surface area (Å²) in [5.74, 6) is 0.289. The van der Waals surface area contributed by atoms with E-state index in [4.69, 9.17) is 0 Å². The molecule has 0 unspecified atom stereocenters. The lowest BCUT2D eigenvalue weighted by molar-refractivity contribution is 0.0766. The molecule has 0 spiro atoms. The summed E-state index contributed by atoms with van der Waals surface area (Å²) >= 11 is 0. The number of rotatable bonds is 2. The molecule has 0 bridgehead atoms. The summed E-state index contributed by atoms with van der Waals surface area (Å²) in [6, 6.07) is 8.18. The smallest absolute Gasteiger partial charge is 0.272 e. The number of carbonyl (C=O) groups is 1. The second kappa shape index (κ2) is 6.28. The zero-order valence-electron chi connectivity index (χ0n) is 13.2. The zero-order valence-corrected chi connectivity index (χ0v) is 13.2. The van der Waals surface area contributed by atoms with Gasteiger partial charge in [-0.2, -0.15) is 0 Å². The second-order valence-corrected chi connectivity index (χ2v) is 5.68. The van der Waals surface area contributed by atoms with E-state index in [1.807, 2.05) is 13.0 Å². The van der Waals surface area contributed by atoms with Crippen LogP contribution in [0.5, 0.6) is 0 Å². The first kappa shape index (κ1) is 15.3. The number of carbonyl (C=O) groups excluding carboxylic acids is 1. The topological polar surface area (TPSA) is 46.1 Å². The molecule has 0 saturated carbocycles. The Morgan fingerprint density at radius 1 is 1.17 bits per heavy atom. The molecule has 0 radical (unpaired) electrons. The number of amides is 1. The minimum absolute atomic E-state index is 0.0759. The van der Waals surface area contributed by atoms with Crippen LogP contribution in [0.1, 0.15) is 34.0 Å². The van der Waals surface area contributed by atoms with E-state index in [1.54, 1.807) is 30.0 Å². The van der Waals surface area contributed by atoms with E-state index < -0.39 is 0 Å². The molecule has 1 amide bonds. The van der Waals surface area contributed by atoms with Crippen LogP contribution in [0.25, 0.3) is 5.57 Å². The number of benzene rings is 1. The molecular weight excluding hydrogens is 293 g/mol. The Kier molecular flexibility index (Phi) is 4.19. The Balaban J connectivity index is 1.75. The first-order chi connectivity index (χ1) is 11.0. The van der Waals surface area contributed by atoms with Gasteiger partial charge in [0.15, 0.2) is 0 Å². The average molecular weight is 311 g/mol. The van der Waals surface area contributed by atoms with Gasteiger partial charge in [0.25, 0.3) is 5.91 Å². The predicted molar refractivity (Wildman–Crippen MR) is 86.4 cm³/mol. The van der Waals surface area contributed by atoms with Crippen molar-refractivity contribution in [2.75, 3.05) is 13.1 Å². The van der Waals surface area contributed by atoms with E-state index in [0.717, 1.165) is 23.3 Å². The van der Waals surface area contributed by atoms with E-state index in [-0.39, 0.29) is 11.7 Å². The third-order valence-corrected chi connectivity index (χ3v) is 3.90. The molecule has 0 aliphatic carbocycles. The maximum Gasteiger partial charge on any atom is 0.272 e. The number of nitrogens with zero attached hydrogens (tertiary/aromatic N) is 3. The van der Waals surface area contributed by atoms with E-state index >= 15 is 0 Å². The zero-order chi connectivity index (χ0) is 16.4. The number of halogens is 1. The van der Waals surface area contributed by atoms with E-state index in [0.29, 0.717) is 24.6 Å². The molecule has 1 aromatic carbocycles. The Labute approximate surface area is 134 Å². The second-order valence-electron chi connectivity index (χ2n) is 5.68. The number of aromatic nitrogens is 2. The quantitative estimate of drug-likeness (QED) is 0.856. The summed E-state index contributed by atoms with van der Waals surface area (Å²) in [6.45, 7) is 4.80. The van der Waals surface area contributed by atoms with Gasteiger partial charge in [-0.1, -0.05) is 18.2 Å². The molecule has 3 rings (SSSR count). The minimum Gasteiger partial charge on any atom is -0.333 e. The van der Waals surface area contributed by atoms with Crippen molar-refractivity contribution < 1.29 is 9.18 Å². The van der Waals surface area contributed by atoms with E-state index in [2.05, 4.69) is 9.97 Å². The van der Waals surface area contributed by atoms with Crippen LogP contribution in [0, 0.1) is 19.7 Å². The minimum atomic E-state index is -0.239. The van der Waals surface area contributed by atoms with Gasteiger partial charge in [-0.15, -0.1) is 0 Å². The van der Waals surface area contributed by atoms with Crippen molar-refractivity contribution in [3.05, 3.63) is 65.0 Å². The maximum absolute atomic E-state index is 13.0. The van der Waals surface area contributed by atoms with Crippen molar-refractivity contribution in [1.29, 1.82) is 0 Å². The standard InChI is InChI=1S/C18H18FN3O/c1-12-11-17(21-13(2)20-12)18(23)22-9-7-15(8-10-22)14-3-5-16(19)6-4-14/h3-7,11H,8-10H2,1-2H3. The maximum atomic E-state index is 13.0. The van der Waals surface area contributed by atoms with Crippen LogP contribution in [0.2, 0.25) is 0 Å². The lowest BCUT2D eigenvalue weighted by Gasteiger charge is -2.26. The first-order valence-corrected chi connectivity index (χ1v) is 7.59. The van der Waals surface area contributed by atoms with Crippen molar-refractivity contribution in [3.8, 4) is 0 Å². The Bertz CT molecular complexity index is 748. The molecule has 0 N–H and O–H groups in total. The highest BCUT2D eigenvalue weighted by Crippen LogP contribution is 2.23. The molecule has 0 saturated heterocycles. The van der Waals surface area contributed by atoms with Crippen molar-refractivity contribution >= 4 is 11.5 Å². The molecule has 0 atom stereocenters. The van der Waals surface area contributed by atoms with Crippen LogP contribution in [-0.4, -0.2) is 33.9 Å². The first-order valence-electron chi connectivity index (χ1n) is 7.59. The normalized spacial score (nSPS) is 14.6. The van der Waals surface area contributed by atoms with Gasteiger partial charge >= 0.3 is 0 Å². The number of hydrogen-bond donors (Lipinski definition) is 0. The van der Waals surface area contributed by atoms with Crippen LogP contribution in [-0.2, 0) is 0 Å². The Morgan fingerprint density at radius 2 is 1.91 bits per heavy atom. The van der Waals surface area contributed by atoms with Crippen molar-refractivity contribution in [3.63, 3.8) is 0 Å². The van der Waals surface area contributed by atoms with Gasteiger partial charge in [0.1, 0.15) is 17.3 Å². The number of aryl methyl sites for hydroxylation is 2. The van der Waals surface area contributed by atoms with Crippen LogP contribution < -0.4 is 0 Å². The van der Waals surface area contributed by atoms with Gasteiger partial charge in [0.05, 0.1) is 0 Å². The largest absolute Gasteiger partial charge is 0.333 e. The fourth-order valence-corrected chi connectivity index (χ4v) is 2.77. The molecule has 2 aromatic rings. The lowest BCUT2D eigenvalue weighted by atomic mass is 9.99. The fraction of sp³-hybridized carbons (Fsp3) is 0.278. The molecule has 1 aliphatic rings. The molecule has 2 heterocycles. The highest BCUT2D eigenvalue weighted by atomic mass is 19.1. The molecular formula is C18H18FN3O. The van der Waals surface area contributed by atoms with Crippen molar-refractivity contribution in [2.45, 2.75) is 20.3 Å². The lowest BCUT2D eigenvalue weighted by Crippen LogP contribution is -2.35. The summed E-state index contributed by atoms with van der Waals surface area (Å²) in [7, 11) is 0. The molecule has 23 heavy (non-hydrogen) atoms. The van der Waals surface area contributed by atoms with Gasteiger partial charge in [-0.05, 0) is 49.6 Å². The van der Waals surface area contributed by atoms with E-state index in [1.165, 1.54) is 12.1 Å². The summed E-state index contributed by atoms with van der Waals surface area (Å²) in [5.41, 5.74) is 3.38. The van der Waals surface area contributed by atoms with Crippen molar-refractivity contribution in [2.24, 2.45) is 0 Å². The third kappa shape index (κ3) is 3.44. The molecule has 0 fully saturated rings. The Hall–Kier alpha value is -2.56. The van der Waals surface area contributed by atoms with Gasteiger partial charge in [-0.25, -0.2) is 14.4 Å². The van der Waals surface area contributed by atoms with Crippen LogP contribution in [0.4, 0.5) is 4.39 Å². The van der Waals surface area contributed by atoms with Gasteiger partial charge in [-0.3, -0.25) is 4.79 Å². The van der Waals surface area contributed by atoms with Crippen LogP contribution in [0.3, 0.4) is 0 Å². The molecule has 118 valence electrons.